The number of carbonyl (C=O) groups excluding carboxylic acids is 1. The minimum absolute atomic E-state index is 0.0673. The number of fused-ring (bicyclic) bond motifs is 5. The molecule has 29 heavy (non-hydrogen) atoms. The molecule has 1 amide bonds. The molecule has 5 heteroatoms. The number of phenols is 1. The Kier molecular flexibility index (Phi) is 4.41. The molecule has 2 saturated carbocycles. The lowest BCUT2D eigenvalue weighted by molar-refractivity contribution is 0.0930. The molecule has 1 heterocycles. The minimum atomic E-state index is -0.197. The third-order valence-corrected chi connectivity index (χ3v) is 7.67. The van der Waals surface area contributed by atoms with E-state index in [2.05, 4.69) is 28.5 Å². The van der Waals surface area contributed by atoms with E-state index in [1.165, 1.54) is 17.5 Å². The average molecular weight is 389 g/mol. The maximum Gasteiger partial charge on any atom is 0.272 e. The molecule has 0 aliphatic heterocycles. The molecule has 4 atom stereocenters. The summed E-state index contributed by atoms with van der Waals surface area (Å²) >= 11 is 0. The van der Waals surface area contributed by atoms with Gasteiger partial charge in [-0.3, -0.25) is 9.78 Å². The molecular formula is C24H27N3O2. The van der Waals surface area contributed by atoms with Gasteiger partial charge in [-0.1, -0.05) is 13.0 Å². The van der Waals surface area contributed by atoms with Gasteiger partial charge in [-0.05, 0) is 91.7 Å². The smallest absolute Gasteiger partial charge is 0.272 e. The van der Waals surface area contributed by atoms with Crippen LogP contribution in [0.4, 0.5) is 0 Å². The SMILES string of the molecule is C[C@]12CC[C@@H]3c4ccc(O)cc4CC[C@H]3[C@@H]1CC/C2=N\NC(=O)c1cccnc1. The molecule has 1 aromatic heterocycles. The number of amides is 1. The van der Waals surface area contributed by atoms with Gasteiger partial charge in [0, 0.05) is 23.5 Å². The second kappa shape index (κ2) is 6.97. The zero-order chi connectivity index (χ0) is 20.0. The Hall–Kier alpha value is -2.69. The van der Waals surface area contributed by atoms with Crippen LogP contribution in [0, 0.1) is 17.3 Å². The first kappa shape index (κ1) is 18.3. The van der Waals surface area contributed by atoms with Gasteiger partial charge in [-0.15, -0.1) is 0 Å². The summed E-state index contributed by atoms with van der Waals surface area (Å²) < 4.78 is 0. The quantitative estimate of drug-likeness (QED) is 0.746. The zero-order valence-corrected chi connectivity index (χ0v) is 16.8. The first-order valence-electron chi connectivity index (χ1n) is 10.7. The summed E-state index contributed by atoms with van der Waals surface area (Å²) in [5.41, 5.74) is 7.29. The molecule has 2 N–H and O–H groups in total. The van der Waals surface area contributed by atoms with E-state index in [1.807, 2.05) is 12.1 Å². The summed E-state index contributed by atoms with van der Waals surface area (Å²) in [6.07, 6.45) is 9.79. The van der Waals surface area contributed by atoms with Gasteiger partial charge in [-0.2, -0.15) is 5.10 Å². The molecule has 3 aliphatic rings. The molecule has 5 rings (SSSR count). The highest BCUT2D eigenvalue weighted by molar-refractivity contribution is 5.97. The van der Waals surface area contributed by atoms with Gasteiger partial charge in [0.05, 0.1) is 5.56 Å². The Balaban J connectivity index is 1.36. The molecule has 0 unspecified atom stereocenters. The summed E-state index contributed by atoms with van der Waals surface area (Å²) in [5, 5.41) is 14.4. The van der Waals surface area contributed by atoms with Gasteiger partial charge in [-0.25, -0.2) is 5.43 Å². The second-order valence-corrected chi connectivity index (χ2v) is 9.03. The normalized spacial score (nSPS) is 31.6. The third-order valence-electron chi connectivity index (χ3n) is 7.67. The number of rotatable bonds is 2. The van der Waals surface area contributed by atoms with E-state index < -0.39 is 0 Å². The van der Waals surface area contributed by atoms with Crippen molar-refractivity contribution in [3.05, 3.63) is 59.4 Å². The van der Waals surface area contributed by atoms with Gasteiger partial charge in [0.15, 0.2) is 0 Å². The number of aryl methyl sites for hydroxylation is 1. The number of nitrogens with zero attached hydrogens (tertiary/aromatic N) is 2. The number of phenolic OH excluding ortho intramolecular Hbond substituents is 1. The molecule has 1 aromatic carbocycles. The van der Waals surface area contributed by atoms with Crippen LogP contribution in [0.2, 0.25) is 0 Å². The van der Waals surface area contributed by atoms with Crippen LogP contribution in [-0.4, -0.2) is 21.7 Å². The number of benzene rings is 1. The number of hydrogen-bond donors (Lipinski definition) is 2. The minimum Gasteiger partial charge on any atom is -0.508 e. The van der Waals surface area contributed by atoms with E-state index in [-0.39, 0.29) is 11.3 Å². The highest BCUT2D eigenvalue weighted by Gasteiger charge is 2.53. The van der Waals surface area contributed by atoms with Crippen LogP contribution < -0.4 is 5.43 Å². The number of nitrogens with one attached hydrogen (secondary N) is 1. The summed E-state index contributed by atoms with van der Waals surface area (Å²) in [6, 6.07) is 9.45. The van der Waals surface area contributed by atoms with Gasteiger partial charge in [0.2, 0.25) is 0 Å². The number of hydrazone groups is 1. The van der Waals surface area contributed by atoms with E-state index >= 15 is 0 Å². The van der Waals surface area contributed by atoms with E-state index in [0.717, 1.165) is 37.8 Å². The topological polar surface area (TPSA) is 74.6 Å². The van der Waals surface area contributed by atoms with Crippen LogP contribution in [0.15, 0.2) is 47.8 Å². The predicted octanol–water partition coefficient (Wildman–Crippen LogP) is 4.43. The standard InChI is InChI=1S/C24H27N3O2/c1-24-11-10-19-18-7-5-17(28)13-15(18)4-6-20(19)21(24)8-9-22(24)26-27-23(29)16-3-2-12-25-14-16/h2-3,5,7,12-14,19-21,28H,4,6,8-11H2,1H3,(H,27,29)/b26-22+/t19-,20-,21+,24+/m1/s1. The molecule has 2 fully saturated rings. The van der Waals surface area contributed by atoms with Crippen LogP contribution in [-0.2, 0) is 6.42 Å². The van der Waals surface area contributed by atoms with Crippen molar-refractivity contribution in [1.29, 1.82) is 0 Å². The molecule has 2 aromatic rings. The van der Waals surface area contributed by atoms with E-state index in [9.17, 15) is 9.90 Å². The number of pyridine rings is 1. The highest BCUT2D eigenvalue weighted by atomic mass is 16.3. The average Bonchev–Trinajstić information content (AvgIpc) is 3.08. The van der Waals surface area contributed by atoms with Crippen molar-refractivity contribution in [2.45, 2.75) is 51.4 Å². The zero-order valence-electron chi connectivity index (χ0n) is 16.8. The lowest BCUT2D eigenvalue weighted by Crippen LogP contribution is -2.43. The van der Waals surface area contributed by atoms with E-state index in [4.69, 9.17) is 0 Å². The molecule has 5 nitrogen and oxygen atoms in total. The van der Waals surface area contributed by atoms with Crippen molar-refractivity contribution in [2.75, 3.05) is 0 Å². The molecule has 150 valence electrons. The Morgan fingerprint density at radius 2 is 2.14 bits per heavy atom. The van der Waals surface area contributed by atoms with Crippen molar-refractivity contribution in [1.82, 2.24) is 10.4 Å². The Labute approximate surface area is 171 Å². The number of aromatic hydroxyl groups is 1. The highest BCUT2D eigenvalue weighted by Crippen LogP contribution is 2.59. The van der Waals surface area contributed by atoms with Gasteiger partial charge >= 0.3 is 0 Å². The Morgan fingerprint density at radius 1 is 1.24 bits per heavy atom. The second-order valence-electron chi connectivity index (χ2n) is 9.03. The third kappa shape index (κ3) is 3.04. The maximum absolute atomic E-state index is 12.4. The molecule has 0 spiro atoms. The van der Waals surface area contributed by atoms with Gasteiger partial charge in [0.25, 0.3) is 5.91 Å². The predicted molar refractivity (Wildman–Crippen MR) is 112 cm³/mol. The Bertz CT molecular complexity index is 971. The first-order chi connectivity index (χ1) is 14.1. The van der Waals surface area contributed by atoms with Crippen LogP contribution >= 0.6 is 0 Å². The van der Waals surface area contributed by atoms with E-state index in [0.29, 0.717) is 29.1 Å². The fraction of sp³-hybridized carbons (Fsp3) is 0.458. The summed E-state index contributed by atoms with van der Waals surface area (Å²) in [6.45, 7) is 2.35. The van der Waals surface area contributed by atoms with Gasteiger partial charge < -0.3 is 5.11 Å². The first-order valence-corrected chi connectivity index (χ1v) is 10.7. The van der Waals surface area contributed by atoms with Crippen LogP contribution in [0.3, 0.4) is 0 Å². The van der Waals surface area contributed by atoms with Crippen LogP contribution in [0.1, 0.15) is 66.4 Å². The number of carbonyl (C=O) groups is 1. The molecule has 0 bridgehead atoms. The van der Waals surface area contributed by atoms with Crippen molar-refractivity contribution in [2.24, 2.45) is 22.4 Å². The number of hydrogen-bond acceptors (Lipinski definition) is 4. The lowest BCUT2D eigenvalue weighted by atomic mass is 9.55. The fourth-order valence-electron chi connectivity index (χ4n) is 6.22. The molecule has 0 saturated heterocycles. The largest absolute Gasteiger partial charge is 0.508 e. The van der Waals surface area contributed by atoms with Crippen molar-refractivity contribution in [3.63, 3.8) is 0 Å². The Morgan fingerprint density at radius 3 is 2.97 bits per heavy atom. The van der Waals surface area contributed by atoms with Gasteiger partial charge in [0.1, 0.15) is 5.75 Å². The van der Waals surface area contributed by atoms with Crippen molar-refractivity contribution < 1.29 is 9.90 Å². The molecular weight excluding hydrogens is 362 g/mol. The summed E-state index contributed by atoms with van der Waals surface area (Å²) in [4.78, 5) is 16.4. The van der Waals surface area contributed by atoms with Crippen molar-refractivity contribution >= 4 is 11.6 Å². The van der Waals surface area contributed by atoms with Crippen molar-refractivity contribution in [3.8, 4) is 5.75 Å². The molecule has 3 aliphatic carbocycles. The molecule has 0 radical (unpaired) electrons. The van der Waals surface area contributed by atoms with Crippen LogP contribution in [0.25, 0.3) is 0 Å². The lowest BCUT2D eigenvalue weighted by Gasteiger charge is -2.49. The van der Waals surface area contributed by atoms with E-state index in [1.54, 1.807) is 24.5 Å². The van der Waals surface area contributed by atoms with Crippen LogP contribution in [0.5, 0.6) is 5.75 Å². The summed E-state index contributed by atoms with van der Waals surface area (Å²) in [7, 11) is 0. The summed E-state index contributed by atoms with van der Waals surface area (Å²) in [5.74, 6) is 2.03. The monoisotopic (exact) mass is 389 g/mol. The fourth-order valence-corrected chi connectivity index (χ4v) is 6.22. The number of aromatic nitrogens is 1. The maximum atomic E-state index is 12.4.